The number of para-hydroxylation sites is 1. The fraction of sp³-hybridized carbons (Fsp3) is 0.333. The normalized spacial score (nSPS) is 18.2. The van der Waals surface area contributed by atoms with Crippen LogP contribution in [0.15, 0.2) is 95.3 Å². The van der Waals surface area contributed by atoms with Crippen LogP contribution in [-0.2, 0) is 20.9 Å². The number of rotatable bonds is 10. The zero-order chi connectivity index (χ0) is 30.5. The van der Waals surface area contributed by atoms with Gasteiger partial charge >= 0.3 is 5.97 Å². The third-order valence-corrected chi connectivity index (χ3v) is 7.94. The summed E-state index contributed by atoms with van der Waals surface area (Å²) in [4.78, 5) is 27.8. The number of nitrogens with one attached hydrogen (secondary N) is 1. The molecule has 2 atom stereocenters. The lowest BCUT2D eigenvalue weighted by Crippen LogP contribution is -2.36. The van der Waals surface area contributed by atoms with E-state index < -0.39 is 11.9 Å². The number of dihydropyridines is 1. The molecule has 0 aromatic heterocycles. The maximum atomic E-state index is 14.1. The van der Waals surface area contributed by atoms with Crippen molar-refractivity contribution in [1.82, 2.24) is 5.32 Å². The standard InChI is InChI=1S/C36H39NO6/c1-22(2)20-43-36(39)33-23(3)37-28-17-26(25-15-16-31(40-4)32(19-25)41-5)18-29(38)35(28)34(33)27-13-9-10-14-30(27)42-21-24-11-7-6-8-12-24/h6-16,19,22,26,34,37H,17-18,20-21H2,1-5H3. The van der Waals surface area contributed by atoms with Crippen molar-refractivity contribution in [2.24, 2.45) is 5.92 Å². The number of carbonyl (C=O) groups excluding carboxylic acids is 2. The molecular formula is C36H39NO6. The number of esters is 1. The average molecular weight is 582 g/mol. The molecule has 0 saturated heterocycles. The van der Waals surface area contributed by atoms with Crippen LogP contribution >= 0.6 is 0 Å². The second-order valence-electron chi connectivity index (χ2n) is 11.4. The van der Waals surface area contributed by atoms with Gasteiger partial charge in [-0.25, -0.2) is 4.79 Å². The number of hydrogen-bond donors (Lipinski definition) is 1. The maximum absolute atomic E-state index is 14.1. The van der Waals surface area contributed by atoms with E-state index in [1.807, 2.05) is 93.6 Å². The van der Waals surface area contributed by atoms with Crippen LogP contribution in [0.1, 0.15) is 62.1 Å². The summed E-state index contributed by atoms with van der Waals surface area (Å²) in [6, 6.07) is 23.4. The first-order chi connectivity index (χ1) is 20.8. The van der Waals surface area contributed by atoms with Crippen molar-refractivity contribution in [3.05, 3.63) is 112 Å². The van der Waals surface area contributed by atoms with Crippen molar-refractivity contribution in [2.75, 3.05) is 20.8 Å². The molecule has 0 spiro atoms. The van der Waals surface area contributed by atoms with Gasteiger partial charge in [0.05, 0.1) is 32.3 Å². The van der Waals surface area contributed by atoms with Crippen LogP contribution in [-0.4, -0.2) is 32.6 Å². The molecule has 0 radical (unpaired) electrons. The Labute approximate surface area is 253 Å². The number of ketones is 1. The lowest BCUT2D eigenvalue weighted by molar-refractivity contribution is -0.140. The fourth-order valence-corrected chi connectivity index (χ4v) is 5.87. The molecule has 1 N–H and O–H groups in total. The minimum Gasteiger partial charge on any atom is -0.493 e. The minimum absolute atomic E-state index is 0.0157. The van der Waals surface area contributed by atoms with Crippen LogP contribution < -0.4 is 19.5 Å². The van der Waals surface area contributed by atoms with E-state index >= 15 is 0 Å². The number of benzene rings is 3. The molecule has 0 saturated carbocycles. The molecular weight excluding hydrogens is 542 g/mol. The lowest BCUT2D eigenvalue weighted by atomic mass is 9.71. The molecule has 1 aliphatic carbocycles. The molecule has 43 heavy (non-hydrogen) atoms. The van der Waals surface area contributed by atoms with E-state index in [0.29, 0.717) is 53.5 Å². The Kier molecular flexibility index (Phi) is 9.19. The third kappa shape index (κ3) is 6.46. The van der Waals surface area contributed by atoms with Gasteiger partial charge in [-0.2, -0.15) is 0 Å². The Hall–Kier alpha value is -4.52. The molecule has 224 valence electrons. The van der Waals surface area contributed by atoms with E-state index in [9.17, 15) is 9.59 Å². The molecule has 1 aliphatic heterocycles. The van der Waals surface area contributed by atoms with Gasteiger partial charge < -0.3 is 24.3 Å². The van der Waals surface area contributed by atoms with E-state index in [2.05, 4.69) is 5.32 Å². The first-order valence-corrected chi connectivity index (χ1v) is 14.7. The summed E-state index contributed by atoms with van der Waals surface area (Å²) in [6.45, 7) is 6.52. The van der Waals surface area contributed by atoms with Crippen molar-refractivity contribution in [2.45, 2.75) is 52.1 Å². The Morgan fingerprint density at radius 2 is 1.63 bits per heavy atom. The van der Waals surface area contributed by atoms with Crippen molar-refractivity contribution >= 4 is 11.8 Å². The number of allylic oxidation sites excluding steroid dienone is 3. The topological polar surface area (TPSA) is 83.1 Å². The van der Waals surface area contributed by atoms with Gasteiger partial charge in [0.15, 0.2) is 17.3 Å². The van der Waals surface area contributed by atoms with Crippen molar-refractivity contribution in [3.63, 3.8) is 0 Å². The summed E-state index contributed by atoms with van der Waals surface area (Å²) in [5.41, 5.74) is 5.31. The van der Waals surface area contributed by atoms with Crippen molar-refractivity contribution in [1.29, 1.82) is 0 Å². The monoisotopic (exact) mass is 581 g/mol. The Morgan fingerprint density at radius 1 is 0.907 bits per heavy atom. The van der Waals surface area contributed by atoms with Crippen molar-refractivity contribution in [3.8, 4) is 17.2 Å². The molecule has 0 bridgehead atoms. The zero-order valence-corrected chi connectivity index (χ0v) is 25.4. The Morgan fingerprint density at radius 3 is 2.35 bits per heavy atom. The highest BCUT2D eigenvalue weighted by Crippen LogP contribution is 2.48. The number of Topliss-reactive ketones (excluding diaryl/α,β-unsaturated/α-hetero) is 1. The second-order valence-corrected chi connectivity index (χ2v) is 11.4. The highest BCUT2D eigenvalue weighted by Gasteiger charge is 2.42. The quantitative estimate of drug-likeness (QED) is 0.262. The summed E-state index contributed by atoms with van der Waals surface area (Å²) in [6.07, 6.45) is 0.901. The van der Waals surface area contributed by atoms with Crippen molar-refractivity contribution < 1.29 is 28.5 Å². The molecule has 3 aromatic rings. The average Bonchev–Trinajstić information content (AvgIpc) is 3.02. The summed E-state index contributed by atoms with van der Waals surface area (Å²) >= 11 is 0. The summed E-state index contributed by atoms with van der Waals surface area (Å²) < 4.78 is 23.0. The van der Waals surface area contributed by atoms with Gasteiger partial charge in [-0.1, -0.05) is 68.4 Å². The minimum atomic E-state index is -0.623. The first-order valence-electron chi connectivity index (χ1n) is 14.7. The lowest BCUT2D eigenvalue weighted by Gasteiger charge is -2.37. The summed E-state index contributed by atoms with van der Waals surface area (Å²) in [7, 11) is 3.21. The SMILES string of the molecule is COc1ccc(C2CC(=O)C3=C(C2)NC(C)=C(C(=O)OCC(C)C)C3c2ccccc2OCc2ccccc2)cc1OC. The summed E-state index contributed by atoms with van der Waals surface area (Å²) in [5, 5.41) is 3.44. The summed E-state index contributed by atoms with van der Waals surface area (Å²) in [5.74, 6) is 0.933. The molecule has 3 aromatic carbocycles. The van der Waals surface area contributed by atoms with Crippen LogP contribution in [0.3, 0.4) is 0 Å². The second kappa shape index (κ2) is 13.2. The fourth-order valence-electron chi connectivity index (χ4n) is 5.87. The van der Waals surface area contributed by atoms with Crippen LogP contribution in [0, 0.1) is 5.92 Å². The predicted molar refractivity (Wildman–Crippen MR) is 165 cm³/mol. The van der Waals surface area contributed by atoms with Crippen LogP contribution in [0.2, 0.25) is 0 Å². The number of carbonyl (C=O) groups is 2. The van der Waals surface area contributed by atoms with Gasteiger partial charge in [-0.3, -0.25) is 4.79 Å². The first kappa shape index (κ1) is 30.0. The number of hydrogen-bond acceptors (Lipinski definition) is 7. The van der Waals surface area contributed by atoms with Crippen LogP contribution in [0.5, 0.6) is 17.2 Å². The molecule has 2 aliphatic rings. The highest BCUT2D eigenvalue weighted by molar-refractivity contribution is 6.04. The van der Waals surface area contributed by atoms with E-state index in [-0.39, 0.29) is 24.2 Å². The zero-order valence-electron chi connectivity index (χ0n) is 25.4. The van der Waals surface area contributed by atoms with E-state index in [0.717, 1.165) is 22.4 Å². The molecule has 0 fully saturated rings. The maximum Gasteiger partial charge on any atom is 0.336 e. The molecule has 7 heteroatoms. The van der Waals surface area contributed by atoms with Gasteiger partial charge in [-0.15, -0.1) is 0 Å². The van der Waals surface area contributed by atoms with Gasteiger partial charge in [0, 0.05) is 29.0 Å². The Bertz CT molecular complexity index is 1550. The number of methoxy groups -OCH3 is 2. The van der Waals surface area contributed by atoms with Gasteiger partial charge in [0.25, 0.3) is 0 Å². The highest BCUT2D eigenvalue weighted by atomic mass is 16.5. The van der Waals surface area contributed by atoms with E-state index in [1.165, 1.54) is 0 Å². The number of ether oxygens (including phenoxy) is 4. The molecule has 7 nitrogen and oxygen atoms in total. The van der Waals surface area contributed by atoms with Gasteiger partial charge in [-0.05, 0) is 54.5 Å². The molecule has 2 unspecified atom stereocenters. The Balaban J connectivity index is 1.55. The van der Waals surface area contributed by atoms with Crippen LogP contribution in [0.4, 0.5) is 0 Å². The van der Waals surface area contributed by atoms with E-state index in [1.54, 1.807) is 14.2 Å². The van der Waals surface area contributed by atoms with Crippen LogP contribution in [0.25, 0.3) is 0 Å². The molecule has 0 amide bonds. The smallest absolute Gasteiger partial charge is 0.336 e. The largest absolute Gasteiger partial charge is 0.493 e. The third-order valence-electron chi connectivity index (χ3n) is 7.94. The predicted octanol–water partition coefficient (Wildman–Crippen LogP) is 6.84. The van der Waals surface area contributed by atoms with Gasteiger partial charge in [0.1, 0.15) is 12.4 Å². The molecule has 1 heterocycles. The van der Waals surface area contributed by atoms with Gasteiger partial charge in [0.2, 0.25) is 0 Å². The molecule has 5 rings (SSSR count). The van der Waals surface area contributed by atoms with E-state index in [4.69, 9.17) is 18.9 Å².